The van der Waals surface area contributed by atoms with E-state index in [1.807, 2.05) is 37.4 Å². The van der Waals surface area contributed by atoms with Gasteiger partial charge in [-0.25, -0.2) is 9.97 Å². The largest absolute Gasteiger partial charge is 0.348 e. The molecule has 3 heterocycles. The second-order valence-electron chi connectivity index (χ2n) is 5.90. The lowest BCUT2D eigenvalue weighted by Crippen LogP contribution is -2.19. The first kappa shape index (κ1) is 15.7. The van der Waals surface area contributed by atoms with Crippen LogP contribution in [0.3, 0.4) is 0 Å². The molecule has 0 aliphatic rings. The van der Waals surface area contributed by atoms with Crippen molar-refractivity contribution in [1.29, 1.82) is 0 Å². The lowest BCUT2D eigenvalue weighted by atomic mass is 10.2. The summed E-state index contributed by atoms with van der Waals surface area (Å²) in [5.74, 6) is 2.64. The number of imidazole rings is 1. The highest BCUT2D eigenvalue weighted by atomic mass is 35.5. The molecule has 0 spiro atoms. The lowest BCUT2D eigenvalue weighted by Gasteiger charge is -2.03. The molecule has 3 aromatic heterocycles. The number of benzene rings is 1. The van der Waals surface area contributed by atoms with E-state index in [9.17, 15) is 0 Å². The zero-order chi connectivity index (χ0) is 17.2. The molecule has 0 unspecified atom stereocenters. The molecule has 4 aromatic rings. The summed E-state index contributed by atoms with van der Waals surface area (Å²) < 4.78 is 0. The van der Waals surface area contributed by atoms with E-state index in [2.05, 4.69) is 31.3 Å². The zero-order valence-corrected chi connectivity index (χ0v) is 14.5. The first-order valence-electron chi connectivity index (χ1n) is 8.10. The van der Waals surface area contributed by atoms with Crippen LogP contribution in [-0.4, -0.2) is 26.5 Å². The molecular weight excluding hydrogens is 336 g/mol. The molecule has 6 nitrogen and oxygen atoms in total. The van der Waals surface area contributed by atoms with Crippen LogP contribution in [0.25, 0.3) is 22.4 Å². The van der Waals surface area contributed by atoms with Crippen LogP contribution in [0.1, 0.15) is 11.5 Å². The van der Waals surface area contributed by atoms with Crippen molar-refractivity contribution >= 4 is 28.5 Å². The molecule has 0 bridgehead atoms. The quantitative estimate of drug-likeness (QED) is 0.514. The number of H-pyrrole nitrogens is 3. The number of nitrogens with one attached hydrogen (secondary N) is 4. The van der Waals surface area contributed by atoms with Crippen molar-refractivity contribution in [3.8, 4) is 11.4 Å². The number of hydrogen-bond acceptors (Lipinski definition) is 3. The molecule has 0 aliphatic carbocycles. The predicted molar refractivity (Wildman–Crippen MR) is 98.6 cm³/mol. The van der Waals surface area contributed by atoms with Gasteiger partial charge in [0.25, 0.3) is 5.82 Å². The van der Waals surface area contributed by atoms with Gasteiger partial charge in [-0.2, -0.15) is 0 Å². The fourth-order valence-electron chi connectivity index (χ4n) is 2.83. The van der Waals surface area contributed by atoms with Gasteiger partial charge >= 0.3 is 0 Å². The van der Waals surface area contributed by atoms with Crippen molar-refractivity contribution in [3.05, 3.63) is 59.3 Å². The van der Waals surface area contributed by atoms with Gasteiger partial charge in [-0.1, -0.05) is 22.7 Å². The third-order valence-electron chi connectivity index (χ3n) is 3.98. The maximum Gasteiger partial charge on any atom is 0.270 e. The fourth-order valence-corrected chi connectivity index (χ4v) is 3.02. The predicted octanol–water partition coefficient (Wildman–Crippen LogP) is 3.38. The number of anilines is 1. The van der Waals surface area contributed by atoms with Gasteiger partial charge in [0.2, 0.25) is 11.5 Å². The molecule has 7 heteroatoms. The summed E-state index contributed by atoms with van der Waals surface area (Å²) in [7, 11) is 0. The minimum atomic E-state index is 0.683. The Kier molecular flexibility index (Phi) is 4.11. The molecule has 4 rings (SSSR count). The Morgan fingerprint density at radius 3 is 3.00 bits per heavy atom. The van der Waals surface area contributed by atoms with Crippen molar-refractivity contribution in [2.75, 3.05) is 11.9 Å². The Balaban J connectivity index is 1.68. The Labute approximate surface area is 149 Å². The van der Waals surface area contributed by atoms with E-state index in [1.54, 1.807) is 6.20 Å². The number of rotatable bonds is 5. The van der Waals surface area contributed by atoms with Crippen LogP contribution in [0.2, 0.25) is 5.02 Å². The average Bonchev–Trinajstić information content (AvgIpc) is 3.23. The molecule has 4 N–H and O–H groups in total. The van der Waals surface area contributed by atoms with Crippen molar-refractivity contribution < 1.29 is 4.98 Å². The topological polar surface area (TPSA) is 83.5 Å². The Bertz CT molecular complexity index is 1010. The van der Waals surface area contributed by atoms with Gasteiger partial charge in [-0.3, -0.25) is 0 Å². The summed E-state index contributed by atoms with van der Waals surface area (Å²) in [5.41, 5.74) is 2.84. The maximum absolute atomic E-state index is 6.12. The Morgan fingerprint density at radius 2 is 2.20 bits per heavy atom. The highest BCUT2D eigenvalue weighted by Crippen LogP contribution is 2.23. The summed E-state index contributed by atoms with van der Waals surface area (Å²) >= 11 is 6.12. The normalized spacial score (nSPS) is 11.1. The Hall–Kier alpha value is -2.86. The van der Waals surface area contributed by atoms with Gasteiger partial charge in [0.1, 0.15) is 11.2 Å². The number of aromatic nitrogens is 5. The molecule has 0 amide bonds. The fraction of sp³-hybridized carbons (Fsp3) is 0.167. The van der Waals surface area contributed by atoms with Crippen LogP contribution >= 0.6 is 11.6 Å². The number of hydrogen-bond donors (Lipinski definition) is 3. The van der Waals surface area contributed by atoms with E-state index in [-0.39, 0.29) is 0 Å². The highest BCUT2D eigenvalue weighted by molar-refractivity contribution is 6.30. The molecular formula is C18H18ClN6+. The third kappa shape index (κ3) is 3.34. The number of aromatic amines is 3. The summed E-state index contributed by atoms with van der Waals surface area (Å²) in [6.45, 7) is 2.77. The van der Waals surface area contributed by atoms with E-state index in [1.165, 1.54) is 0 Å². The first-order chi connectivity index (χ1) is 12.2. The van der Waals surface area contributed by atoms with Crippen LogP contribution < -0.4 is 10.3 Å². The molecule has 25 heavy (non-hydrogen) atoms. The van der Waals surface area contributed by atoms with Gasteiger partial charge in [0.15, 0.2) is 0 Å². The van der Waals surface area contributed by atoms with Crippen LogP contribution in [0, 0.1) is 6.92 Å². The minimum Gasteiger partial charge on any atom is -0.348 e. The van der Waals surface area contributed by atoms with Gasteiger partial charge in [0, 0.05) is 29.5 Å². The molecule has 126 valence electrons. The van der Waals surface area contributed by atoms with Crippen LogP contribution in [0.5, 0.6) is 0 Å². The number of halogens is 1. The maximum atomic E-state index is 6.12. The number of aryl methyl sites for hydroxylation is 1. The standard InChI is InChI=1S/C18H17ClN6/c1-11-9-14-17(22-6-5-15-20-7-8-21-15)24-16(25-18(14)23-11)12-3-2-4-13(19)10-12/h2-4,7-10H,5-6H2,1H3,(H,20,21)(H2,22,23,24,25)/p+1. The van der Waals surface area contributed by atoms with E-state index in [4.69, 9.17) is 16.6 Å². The minimum absolute atomic E-state index is 0.683. The monoisotopic (exact) mass is 353 g/mol. The molecule has 0 saturated heterocycles. The van der Waals surface area contributed by atoms with Gasteiger partial charge in [-0.15, -0.1) is 0 Å². The molecule has 0 radical (unpaired) electrons. The summed E-state index contributed by atoms with van der Waals surface area (Å²) in [4.78, 5) is 18.8. The van der Waals surface area contributed by atoms with E-state index in [0.29, 0.717) is 5.02 Å². The van der Waals surface area contributed by atoms with Crippen molar-refractivity contribution in [2.24, 2.45) is 0 Å². The van der Waals surface area contributed by atoms with Crippen molar-refractivity contribution in [2.45, 2.75) is 13.3 Å². The lowest BCUT2D eigenvalue weighted by molar-refractivity contribution is -0.350. The summed E-state index contributed by atoms with van der Waals surface area (Å²) in [5, 5.41) is 5.17. The SMILES string of the molecule is Cc1cc2c(NCCc3ncc[nH]3)[nH+]c(-c3cccc(Cl)c3)nc2[nH]1. The molecule has 0 saturated carbocycles. The number of fused-ring (bicyclic) bond motifs is 1. The van der Waals surface area contributed by atoms with Crippen molar-refractivity contribution in [1.82, 2.24) is 19.9 Å². The average molecular weight is 354 g/mol. The van der Waals surface area contributed by atoms with Crippen LogP contribution in [0.15, 0.2) is 42.7 Å². The van der Waals surface area contributed by atoms with E-state index in [0.717, 1.165) is 52.7 Å². The van der Waals surface area contributed by atoms with Crippen molar-refractivity contribution in [3.63, 3.8) is 0 Å². The molecule has 1 aromatic carbocycles. The number of nitrogens with zero attached hydrogens (tertiary/aromatic N) is 2. The second kappa shape index (κ2) is 6.57. The smallest absolute Gasteiger partial charge is 0.270 e. The van der Waals surface area contributed by atoms with E-state index < -0.39 is 0 Å². The Morgan fingerprint density at radius 1 is 1.28 bits per heavy atom. The third-order valence-corrected chi connectivity index (χ3v) is 4.22. The van der Waals surface area contributed by atoms with E-state index >= 15 is 0 Å². The molecule has 0 aliphatic heterocycles. The first-order valence-corrected chi connectivity index (χ1v) is 8.47. The highest BCUT2D eigenvalue weighted by Gasteiger charge is 2.17. The second-order valence-corrected chi connectivity index (χ2v) is 6.33. The van der Waals surface area contributed by atoms with Gasteiger partial charge < -0.3 is 15.3 Å². The summed E-state index contributed by atoms with van der Waals surface area (Å²) in [6.07, 6.45) is 4.40. The van der Waals surface area contributed by atoms with Crippen LogP contribution in [0.4, 0.5) is 5.82 Å². The molecule has 0 fully saturated rings. The summed E-state index contributed by atoms with van der Waals surface area (Å²) in [6, 6.07) is 9.73. The zero-order valence-electron chi connectivity index (χ0n) is 13.7. The molecule has 0 atom stereocenters. The van der Waals surface area contributed by atoms with Gasteiger partial charge in [0.05, 0.1) is 12.1 Å². The van der Waals surface area contributed by atoms with Crippen LogP contribution in [-0.2, 0) is 6.42 Å². The van der Waals surface area contributed by atoms with Gasteiger partial charge in [-0.05, 0) is 31.2 Å².